The van der Waals surface area contributed by atoms with Crippen molar-refractivity contribution in [2.24, 2.45) is 5.92 Å². The van der Waals surface area contributed by atoms with Crippen LogP contribution < -0.4 is 5.32 Å². The van der Waals surface area contributed by atoms with Crippen LogP contribution in [-0.4, -0.2) is 31.6 Å². The summed E-state index contributed by atoms with van der Waals surface area (Å²) in [5.41, 5.74) is 3.13. The number of hydrogen-bond donors (Lipinski definition) is 1. The fraction of sp³-hybridized carbons (Fsp3) is 0.667. The minimum absolute atomic E-state index is 0.254. The van der Waals surface area contributed by atoms with Gasteiger partial charge in [-0.25, -0.2) is 0 Å². The van der Waals surface area contributed by atoms with Crippen molar-refractivity contribution in [3.63, 3.8) is 0 Å². The van der Waals surface area contributed by atoms with Crippen molar-refractivity contribution in [2.75, 3.05) is 26.7 Å². The molecule has 0 saturated carbocycles. The maximum Gasteiger partial charge on any atom is 0.0233 e. The lowest BCUT2D eigenvalue weighted by atomic mass is 9.86. The predicted octanol–water partition coefficient (Wildman–Crippen LogP) is 3.42. The third-order valence-electron chi connectivity index (χ3n) is 4.43. The summed E-state index contributed by atoms with van der Waals surface area (Å²) in [5, 5.41) is 3.30. The van der Waals surface area contributed by atoms with Crippen LogP contribution in [0.25, 0.3) is 0 Å². The maximum absolute atomic E-state index is 3.30. The van der Waals surface area contributed by atoms with Gasteiger partial charge in [-0.1, -0.05) is 45.0 Å². The van der Waals surface area contributed by atoms with Gasteiger partial charge >= 0.3 is 0 Å². The van der Waals surface area contributed by atoms with Crippen molar-refractivity contribution >= 4 is 0 Å². The summed E-state index contributed by atoms with van der Waals surface area (Å²) in [7, 11) is 2.06. The van der Waals surface area contributed by atoms with E-state index in [4.69, 9.17) is 0 Å². The summed E-state index contributed by atoms with van der Waals surface area (Å²) in [6.45, 7) is 11.6. The summed E-state index contributed by atoms with van der Waals surface area (Å²) in [6, 6.07) is 9.20. The Hall–Kier alpha value is -0.860. The van der Waals surface area contributed by atoms with Crippen LogP contribution >= 0.6 is 0 Å². The number of benzene rings is 1. The normalized spacial score (nSPS) is 18.4. The predicted molar refractivity (Wildman–Crippen MR) is 87.1 cm³/mol. The smallest absolute Gasteiger partial charge is 0.0233 e. The highest BCUT2D eigenvalue weighted by molar-refractivity contribution is 5.27. The SMILES string of the molecule is CNCC1CCN(Cc2ccc(C(C)(C)C)cc2)CC1. The fourth-order valence-electron chi connectivity index (χ4n) is 3.01. The van der Waals surface area contributed by atoms with Gasteiger partial charge in [0.25, 0.3) is 0 Å². The molecule has 0 atom stereocenters. The van der Waals surface area contributed by atoms with Crippen LogP contribution in [0.3, 0.4) is 0 Å². The van der Waals surface area contributed by atoms with Crippen molar-refractivity contribution in [2.45, 2.75) is 45.6 Å². The van der Waals surface area contributed by atoms with E-state index in [9.17, 15) is 0 Å². The molecule has 2 heteroatoms. The quantitative estimate of drug-likeness (QED) is 0.905. The zero-order valence-electron chi connectivity index (χ0n) is 13.6. The molecule has 1 N–H and O–H groups in total. The van der Waals surface area contributed by atoms with Crippen molar-refractivity contribution in [1.29, 1.82) is 0 Å². The van der Waals surface area contributed by atoms with Gasteiger partial charge in [-0.15, -0.1) is 0 Å². The molecule has 0 aliphatic carbocycles. The monoisotopic (exact) mass is 274 g/mol. The average molecular weight is 274 g/mol. The van der Waals surface area contributed by atoms with Crippen molar-refractivity contribution < 1.29 is 0 Å². The second-order valence-corrected chi connectivity index (χ2v) is 7.22. The molecule has 1 heterocycles. The molecule has 1 fully saturated rings. The van der Waals surface area contributed by atoms with E-state index in [2.05, 4.69) is 62.3 Å². The van der Waals surface area contributed by atoms with E-state index in [0.29, 0.717) is 0 Å². The summed E-state index contributed by atoms with van der Waals surface area (Å²) in [6.07, 6.45) is 2.67. The molecule has 20 heavy (non-hydrogen) atoms. The summed E-state index contributed by atoms with van der Waals surface area (Å²) in [4.78, 5) is 2.60. The second-order valence-electron chi connectivity index (χ2n) is 7.22. The van der Waals surface area contributed by atoms with Crippen LogP contribution in [0.15, 0.2) is 24.3 Å². The molecular weight excluding hydrogens is 244 g/mol. The van der Waals surface area contributed by atoms with Crippen molar-refractivity contribution in [3.8, 4) is 0 Å². The van der Waals surface area contributed by atoms with Crippen LogP contribution in [0.5, 0.6) is 0 Å². The Morgan fingerprint density at radius 2 is 1.70 bits per heavy atom. The zero-order valence-corrected chi connectivity index (χ0v) is 13.6. The fourth-order valence-corrected chi connectivity index (χ4v) is 3.01. The van der Waals surface area contributed by atoms with Gasteiger partial charge in [0.2, 0.25) is 0 Å². The van der Waals surface area contributed by atoms with E-state index < -0.39 is 0 Å². The van der Waals surface area contributed by atoms with E-state index in [1.807, 2.05) is 0 Å². The van der Waals surface area contributed by atoms with Crippen molar-refractivity contribution in [1.82, 2.24) is 10.2 Å². The minimum Gasteiger partial charge on any atom is -0.319 e. The average Bonchev–Trinajstić information content (AvgIpc) is 2.41. The Bertz CT molecular complexity index is 394. The van der Waals surface area contributed by atoms with Crippen molar-refractivity contribution in [3.05, 3.63) is 35.4 Å². The first-order valence-electron chi connectivity index (χ1n) is 7.95. The third kappa shape index (κ3) is 4.32. The molecule has 2 nitrogen and oxygen atoms in total. The summed E-state index contributed by atoms with van der Waals surface area (Å²) < 4.78 is 0. The lowest BCUT2D eigenvalue weighted by Crippen LogP contribution is -2.36. The van der Waals surface area contributed by atoms with Crippen LogP contribution in [0.2, 0.25) is 0 Å². The molecule has 1 saturated heterocycles. The Balaban J connectivity index is 1.85. The number of hydrogen-bond acceptors (Lipinski definition) is 2. The van der Waals surface area contributed by atoms with Gasteiger partial charge in [0.05, 0.1) is 0 Å². The van der Waals surface area contributed by atoms with E-state index in [1.165, 1.54) is 43.6 Å². The standard InChI is InChI=1S/C18H30N2/c1-18(2,3)17-7-5-16(6-8-17)14-20-11-9-15(10-12-20)13-19-4/h5-8,15,19H,9-14H2,1-4H3. The van der Waals surface area contributed by atoms with Crippen LogP contribution in [0.1, 0.15) is 44.7 Å². The van der Waals surface area contributed by atoms with Crippen LogP contribution in [-0.2, 0) is 12.0 Å². The third-order valence-corrected chi connectivity index (χ3v) is 4.43. The van der Waals surface area contributed by atoms with Crippen LogP contribution in [0, 0.1) is 5.92 Å². The molecule has 0 unspecified atom stereocenters. The zero-order chi connectivity index (χ0) is 14.6. The highest BCUT2D eigenvalue weighted by atomic mass is 15.1. The number of likely N-dealkylation sites (tertiary alicyclic amines) is 1. The van der Waals surface area contributed by atoms with Gasteiger partial charge in [-0.05, 0) is 62.0 Å². The lowest BCUT2D eigenvalue weighted by molar-refractivity contribution is 0.177. The number of nitrogens with zero attached hydrogens (tertiary/aromatic N) is 1. The first-order valence-corrected chi connectivity index (χ1v) is 7.95. The highest BCUT2D eigenvalue weighted by Crippen LogP contribution is 2.23. The Morgan fingerprint density at radius 1 is 1.10 bits per heavy atom. The van der Waals surface area contributed by atoms with Gasteiger partial charge in [-0.3, -0.25) is 4.90 Å². The van der Waals surface area contributed by atoms with E-state index in [1.54, 1.807) is 0 Å². The number of rotatable bonds is 4. The Morgan fingerprint density at radius 3 is 2.20 bits per heavy atom. The molecule has 1 aromatic carbocycles. The first kappa shape index (κ1) is 15.5. The molecule has 112 valence electrons. The topological polar surface area (TPSA) is 15.3 Å². The maximum atomic E-state index is 3.30. The number of piperidine rings is 1. The van der Waals surface area contributed by atoms with E-state index >= 15 is 0 Å². The molecule has 1 aromatic rings. The molecule has 0 radical (unpaired) electrons. The molecular formula is C18H30N2. The molecule has 2 rings (SSSR count). The molecule has 0 aromatic heterocycles. The highest BCUT2D eigenvalue weighted by Gasteiger charge is 2.19. The first-order chi connectivity index (χ1) is 9.49. The molecule has 0 spiro atoms. The Labute approximate surface area is 124 Å². The largest absolute Gasteiger partial charge is 0.319 e. The Kier molecular flexibility index (Phi) is 5.22. The van der Waals surface area contributed by atoms with E-state index in [-0.39, 0.29) is 5.41 Å². The second kappa shape index (κ2) is 6.73. The van der Waals surface area contributed by atoms with Gasteiger partial charge in [0.1, 0.15) is 0 Å². The molecule has 0 bridgehead atoms. The van der Waals surface area contributed by atoms with Gasteiger partial charge in [0, 0.05) is 6.54 Å². The molecule has 1 aliphatic rings. The molecule has 1 aliphatic heterocycles. The molecule has 0 amide bonds. The van der Waals surface area contributed by atoms with Gasteiger partial charge in [0.15, 0.2) is 0 Å². The summed E-state index contributed by atoms with van der Waals surface area (Å²) >= 11 is 0. The van der Waals surface area contributed by atoms with Gasteiger partial charge in [-0.2, -0.15) is 0 Å². The lowest BCUT2D eigenvalue weighted by Gasteiger charge is -2.32. The van der Waals surface area contributed by atoms with E-state index in [0.717, 1.165) is 12.5 Å². The minimum atomic E-state index is 0.254. The summed E-state index contributed by atoms with van der Waals surface area (Å²) in [5.74, 6) is 0.875. The van der Waals surface area contributed by atoms with Gasteiger partial charge < -0.3 is 5.32 Å². The van der Waals surface area contributed by atoms with Crippen LogP contribution in [0.4, 0.5) is 0 Å². The number of nitrogens with one attached hydrogen (secondary N) is 1.